The van der Waals surface area contributed by atoms with Gasteiger partial charge < -0.3 is 10.6 Å². The van der Waals surface area contributed by atoms with Crippen molar-refractivity contribution in [3.05, 3.63) is 35.4 Å². The Labute approximate surface area is 182 Å². The number of aryl methyl sites for hydroxylation is 1. The number of rotatable bonds is 3. The van der Waals surface area contributed by atoms with Crippen LogP contribution < -0.4 is 5.73 Å². The molecule has 2 bridgehead atoms. The van der Waals surface area contributed by atoms with Gasteiger partial charge in [0.25, 0.3) is 0 Å². The van der Waals surface area contributed by atoms with Crippen LogP contribution in [0.1, 0.15) is 43.2 Å². The lowest BCUT2D eigenvalue weighted by atomic mass is 9.65. The Balaban J connectivity index is 0.00000140. The molecule has 4 rings (SSSR count). The summed E-state index contributed by atoms with van der Waals surface area (Å²) in [5.41, 5.74) is 9.16. The maximum atomic E-state index is 13.1. The Morgan fingerprint density at radius 1 is 1.04 bits per heavy atom. The standard InChI is InChI=1S/C22H33N3O.2ClH/c1-16-5-2-3-6-19(16)15-24-9-11-25(12-10-24)22(26)20-13-17-7-4-8-18(14-20)21(17)23;;/h2-3,5-6,17-18,20-21H,4,7-15,23H2,1H3;2*1H. The molecule has 1 saturated heterocycles. The number of nitrogens with two attached hydrogens (primary N) is 1. The van der Waals surface area contributed by atoms with Crippen molar-refractivity contribution in [3.8, 4) is 0 Å². The Morgan fingerprint density at radius 2 is 1.64 bits per heavy atom. The Hall–Kier alpha value is -0.810. The second-order valence-corrected chi connectivity index (χ2v) is 8.72. The number of nitrogens with zero attached hydrogens (tertiary/aromatic N) is 2. The van der Waals surface area contributed by atoms with Gasteiger partial charge in [-0.05, 0) is 55.6 Å². The molecule has 0 spiro atoms. The maximum Gasteiger partial charge on any atom is 0.225 e. The van der Waals surface area contributed by atoms with E-state index in [1.807, 2.05) is 0 Å². The van der Waals surface area contributed by atoms with E-state index in [2.05, 4.69) is 41.0 Å². The average molecular weight is 428 g/mol. The number of carbonyl (C=O) groups excluding carboxylic acids is 1. The molecule has 1 heterocycles. The van der Waals surface area contributed by atoms with Crippen molar-refractivity contribution in [1.82, 2.24) is 9.80 Å². The van der Waals surface area contributed by atoms with Crippen LogP contribution in [0.4, 0.5) is 0 Å². The quantitative estimate of drug-likeness (QED) is 0.800. The molecular formula is C22H35Cl2N3O. The zero-order valence-electron chi connectivity index (χ0n) is 16.9. The maximum absolute atomic E-state index is 13.1. The molecule has 1 aromatic rings. The number of fused-ring (bicyclic) bond motifs is 2. The van der Waals surface area contributed by atoms with E-state index >= 15 is 0 Å². The lowest BCUT2D eigenvalue weighted by molar-refractivity contribution is -0.140. The number of benzene rings is 1. The minimum Gasteiger partial charge on any atom is -0.340 e. The Kier molecular flexibility index (Phi) is 8.62. The Bertz CT molecular complexity index is 634. The minimum absolute atomic E-state index is 0. The van der Waals surface area contributed by atoms with Crippen LogP contribution in [0.15, 0.2) is 24.3 Å². The van der Waals surface area contributed by atoms with E-state index < -0.39 is 0 Å². The van der Waals surface area contributed by atoms with Crippen LogP contribution in [-0.4, -0.2) is 47.9 Å². The third-order valence-corrected chi connectivity index (χ3v) is 7.10. The van der Waals surface area contributed by atoms with Crippen LogP contribution in [0.5, 0.6) is 0 Å². The molecule has 2 N–H and O–H groups in total. The monoisotopic (exact) mass is 427 g/mol. The Morgan fingerprint density at radius 3 is 2.25 bits per heavy atom. The molecule has 0 aromatic heterocycles. The number of carbonyl (C=O) groups is 1. The van der Waals surface area contributed by atoms with Crippen molar-refractivity contribution in [2.24, 2.45) is 23.5 Å². The summed E-state index contributed by atoms with van der Waals surface area (Å²) < 4.78 is 0. The first-order chi connectivity index (χ1) is 12.6. The molecule has 6 heteroatoms. The first-order valence-electron chi connectivity index (χ1n) is 10.4. The molecular weight excluding hydrogens is 393 g/mol. The van der Waals surface area contributed by atoms with Gasteiger partial charge in [0.05, 0.1) is 0 Å². The van der Waals surface area contributed by atoms with Crippen LogP contribution in [0.3, 0.4) is 0 Å². The molecule has 3 aliphatic rings. The molecule has 2 saturated carbocycles. The van der Waals surface area contributed by atoms with Gasteiger partial charge in [0.2, 0.25) is 5.91 Å². The van der Waals surface area contributed by atoms with E-state index in [-0.39, 0.29) is 30.7 Å². The number of piperazine rings is 1. The van der Waals surface area contributed by atoms with Crippen molar-refractivity contribution >= 4 is 30.7 Å². The molecule has 1 aromatic carbocycles. The smallest absolute Gasteiger partial charge is 0.225 e. The van der Waals surface area contributed by atoms with Crippen LogP contribution in [0.2, 0.25) is 0 Å². The molecule has 1 amide bonds. The fraction of sp³-hybridized carbons (Fsp3) is 0.682. The van der Waals surface area contributed by atoms with E-state index in [9.17, 15) is 4.79 Å². The van der Waals surface area contributed by atoms with Gasteiger partial charge in [-0.1, -0.05) is 30.7 Å². The zero-order valence-corrected chi connectivity index (χ0v) is 18.5. The molecule has 4 nitrogen and oxygen atoms in total. The molecule has 1 aliphatic heterocycles. The van der Waals surface area contributed by atoms with Gasteiger partial charge in [0.15, 0.2) is 0 Å². The lowest BCUT2D eigenvalue weighted by Crippen LogP contribution is -2.53. The van der Waals surface area contributed by atoms with Gasteiger partial charge in [-0.2, -0.15) is 0 Å². The van der Waals surface area contributed by atoms with Crippen molar-refractivity contribution in [2.75, 3.05) is 26.2 Å². The van der Waals surface area contributed by atoms with E-state index in [4.69, 9.17) is 5.73 Å². The zero-order chi connectivity index (χ0) is 18.1. The van der Waals surface area contributed by atoms with Gasteiger partial charge in [0.1, 0.15) is 0 Å². The predicted octanol–water partition coefficient (Wildman–Crippen LogP) is 3.64. The summed E-state index contributed by atoms with van der Waals surface area (Å²) in [6.45, 7) is 6.90. The highest BCUT2D eigenvalue weighted by atomic mass is 35.5. The van der Waals surface area contributed by atoms with Gasteiger partial charge in [-0.25, -0.2) is 0 Å². The predicted molar refractivity (Wildman–Crippen MR) is 119 cm³/mol. The normalized spacial score (nSPS) is 30.1. The molecule has 2 atom stereocenters. The summed E-state index contributed by atoms with van der Waals surface area (Å²) in [4.78, 5) is 17.7. The number of hydrogen-bond acceptors (Lipinski definition) is 3. The van der Waals surface area contributed by atoms with E-state index in [1.165, 1.54) is 30.4 Å². The highest BCUT2D eigenvalue weighted by Gasteiger charge is 2.41. The minimum atomic E-state index is 0. The largest absolute Gasteiger partial charge is 0.340 e. The molecule has 28 heavy (non-hydrogen) atoms. The fourth-order valence-corrected chi connectivity index (χ4v) is 5.40. The number of amides is 1. The van der Waals surface area contributed by atoms with Crippen LogP contribution >= 0.6 is 24.8 Å². The second-order valence-electron chi connectivity index (χ2n) is 8.72. The topological polar surface area (TPSA) is 49.6 Å². The fourth-order valence-electron chi connectivity index (χ4n) is 5.40. The van der Waals surface area contributed by atoms with Gasteiger partial charge >= 0.3 is 0 Å². The highest BCUT2D eigenvalue weighted by molar-refractivity contribution is 5.85. The lowest BCUT2D eigenvalue weighted by Gasteiger charge is -2.45. The molecule has 0 radical (unpaired) electrons. The molecule has 2 unspecified atom stereocenters. The van der Waals surface area contributed by atoms with Crippen molar-refractivity contribution in [1.29, 1.82) is 0 Å². The number of halogens is 2. The van der Waals surface area contributed by atoms with Gasteiger partial charge in [-0.15, -0.1) is 24.8 Å². The molecule has 2 aliphatic carbocycles. The summed E-state index contributed by atoms with van der Waals surface area (Å²) in [6.07, 6.45) is 5.82. The van der Waals surface area contributed by atoms with Crippen molar-refractivity contribution in [3.63, 3.8) is 0 Å². The summed E-state index contributed by atoms with van der Waals surface area (Å²) in [5, 5.41) is 0. The highest BCUT2D eigenvalue weighted by Crippen LogP contribution is 2.42. The van der Waals surface area contributed by atoms with Gasteiger partial charge in [-0.3, -0.25) is 9.69 Å². The third kappa shape index (κ3) is 5.02. The summed E-state index contributed by atoms with van der Waals surface area (Å²) in [7, 11) is 0. The van der Waals surface area contributed by atoms with E-state index in [1.54, 1.807) is 0 Å². The first kappa shape index (κ1) is 23.5. The second kappa shape index (κ2) is 10.3. The van der Waals surface area contributed by atoms with E-state index in [0.717, 1.165) is 45.6 Å². The van der Waals surface area contributed by atoms with Crippen molar-refractivity contribution < 1.29 is 4.79 Å². The summed E-state index contributed by atoms with van der Waals surface area (Å²) in [6, 6.07) is 8.96. The van der Waals surface area contributed by atoms with Crippen LogP contribution in [0.25, 0.3) is 0 Å². The van der Waals surface area contributed by atoms with Crippen LogP contribution in [0, 0.1) is 24.7 Å². The molecule has 3 fully saturated rings. The SMILES string of the molecule is Cc1ccccc1CN1CCN(C(=O)C2CC3CCCC(C2)C3N)CC1.Cl.Cl. The third-order valence-electron chi connectivity index (χ3n) is 7.10. The first-order valence-corrected chi connectivity index (χ1v) is 10.4. The van der Waals surface area contributed by atoms with Crippen LogP contribution in [-0.2, 0) is 11.3 Å². The van der Waals surface area contributed by atoms with Gasteiger partial charge in [0, 0.05) is 44.7 Å². The average Bonchev–Trinajstić information content (AvgIpc) is 2.63. The summed E-state index contributed by atoms with van der Waals surface area (Å²) >= 11 is 0. The van der Waals surface area contributed by atoms with E-state index in [0.29, 0.717) is 23.8 Å². The number of hydrogen-bond donors (Lipinski definition) is 1. The molecule has 158 valence electrons. The van der Waals surface area contributed by atoms with Crippen molar-refractivity contribution in [2.45, 2.75) is 51.6 Å². The summed E-state index contributed by atoms with van der Waals surface area (Å²) in [5.74, 6) is 1.80.